The van der Waals surface area contributed by atoms with Gasteiger partial charge in [-0.1, -0.05) is 55.5 Å². The van der Waals surface area contributed by atoms with Crippen molar-refractivity contribution in [3.05, 3.63) is 102 Å². The number of carbonyl (C=O) groups is 1. The maximum absolute atomic E-state index is 12.8. The number of esters is 1. The smallest absolute Gasteiger partial charge is 0.314 e. The fourth-order valence-electron chi connectivity index (χ4n) is 4.04. The molecule has 0 spiro atoms. The highest BCUT2D eigenvalue weighted by molar-refractivity contribution is 5.85. The van der Waals surface area contributed by atoms with Crippen molar-refractivity contribution in [2.75, 3.05) is 0 Å². The fraction of sp³-hybridized carbons (Fsp3) is 0.185. The third-order valence-corrected chi connectivity index (χ3v) is 5.70. The standard InChI is InChI=1S/C27H24N2O2/c1-19(27(30)31-22-8-4-3-5-9-22)16-24(21-14-12-20(17-28)13-15-21)25-18-29(2)26-11-7-6-10-23(25)26/h3-15,18-19,24H,16H2,1-2H3. The summed E-state index contributed by atoms with van der Waals surface area (Å²) in [6, 6.07) is 27.3. The van der Waals surface area contributed by atoms with Crippen LogP contribution < -0.4 is 4.74 Å². The molecule has 4 rings (SSSR count). The molecule has 0 bridgehead atoms. The van der Waals surface area contributed by atoms with E-state index >= 15 is 0 Å². The van der Waals surface area contributed by atoms with Crippen molar-refractivity contribution in [2.45, 2.75) is 19.3 Å². The number of nitriles is 1. The van der Waals surface area contributed by atoms with Crippen LogP contribution in [0.4, 0.5) is 0 Å². The topological polar surface area (TPSA) is 55.0 Å². The van der Waals surface area contributed by atoms with Crippen LogP contribution >= 0.6 is 0 Å². The van der Waals surface area contributed by atoms with E-state index in [0.717, 1.165) is 11.1 Å². The van der Waals surface area contributed by atoms with Gasteiger partial charge in [0, 0.05) is 30.1 Å². The monoisotopic (exact) mass is 408 g/mol. The number of para-hydroxylation sites is 2. The van der Waals surface area contributed by atoms with Crippen LogP contribution in [0.3, 0.4) is 0 Å². The molecule has 2 atom stereocenters. The molecule has 31 heavy (non-hydrogen) atoms. The van der Waals surface area contributed by atoms with Crippen LogP contribution in [0.1, 0.15) is 36.0 Å². The lowest BCUT2D eigenvalue weighted by Crippen LogP contribution is -2.20. The van der Waals surface area contributed by atoms with Crippen LogP contribution in [-0.4, -0.2) is 10.5 Å². The molecule has 0 aliphatic heterocycles. The van der Waals surface area contributed by atoms with Crippen molar-refractivity contribution in [2.24, 2.45) is 13.0 Å². The van der Waals surface area contributed by atoms with Crippen LogP contribution in [0.15, 0.2) is 85.1 Å². The number of fused-ring (bicyclic) bond motifs is 1. The van der Waals surface area contributed by atoms with Gasteiger partial charge < -0.3 is 9.30 Å². The van der Waals surface area contributed by atoms with E-state index in [9.17, 15) is 10.1 Å². The summed E-state index contributed by atoms with van der Waals surface area (Å²) in [6.45, 7) is 1.91. The highest BCUT2D eigenvalue weighted by Crippen LogP contribution is 2.36. The van der Waals surface area contributed by atoms with Crippen LogP contribution in [0.5, 0.6) is 5.75 Å². The predicted octanol–water partition coefficient (Wildman–Crippen LogP) is 5.81. The van der Waals surface area contributed by atoms with Crippen LogP contribution in [0.25, 0.3) is 10.9 Å². The molecule has 0 amide bonds. The van der Waals surface area contributed by atoms with Crippen LogP contribution in [0, 0.1) is 17.2 Å². The zero-order valence-corrected chi connectivity index (χ0v) is 17.7. The minimum Gasteiger partial charge on any atom is -0.426 e. The minimum absolute atomic E-state index is 0.00262. The van der Waals surface area contributed by atoms with Gasteiger partial charge in [-0.25, -0.2) is 0 Å². The normalized spacial score (nSPS) is 12.8. The number of hydrogen-bond donors (Lipinski definition) is 0. The summed E-state index contributed by atoms with van der Waals surface area (Å²) < 4.78 is 7.71. The summed E-state index contributed by atoms with van der Waals surface area (Å²) in [6.07, 6.45) is 2.74. The Labute approximate surface area is 182 Å². The number of benzene rings is 3. The number of aryl methyl sites for hydroxylation is 1. The second-order valence-electron chi connectivity index (χ2n) is 7.87. The summed E-state index contributed by atoms with van der Waals surface area (Å²) in [5.74, 6) is 0.00139. The average molecular weight is 409 g/mol. The van der Waals surface area contributed by atoms with Crippen LogP contribution in [0.2, 0.25) is 0 Å². The molecule has 0 aliphatic rings. The molecule has 0 fully saturated rings. The van der Waals surface area contributed by atoms with Crippen molar-refractivity contribution in [3.63, 3.8) is 0 Å². The van der Waals surface area contributed by atoms with Crippen molar-refractivity contribution in [1.82, 2.24) is 4.57 Å². The lowest BCUT2D eigenvalue weighted by atomic mass is 9.83. The van der Waals surface area contributed by atoms with Gasteiger partial charge in [-0.2, -0.15) is 5.26 Å². The fourth-order valence-corrected chi connectivity index (χ4v) is 4.04. The lowest BCUT2D eigenvalue weighted by Gasteiger charge is -2.21. The maximum Gasteiger partial charge on any atom is 0.314 e. The molecule has 0 aliphatic carbocycles. The Morgan fingerprint density at radius 1 is 1.00 bits per heavy atom. The van der Waals surface area contributed by atoms with Gasteiger partial charge in [-0.05, 0) is 47.9 Å². The summed E-state index contributed by atoms with van der Waals surface area (Å²) >= 11 is 0. The van der Waals surface area contributed by atoms with E-state index in [4.69, 9.17) is 4.74 Å². The molecular formula is C27H24N2O2. The molecular weight excluding hydrogens is 384 g/mol. The molecule has 4 heteroatoms. The Kier molecular flexibility index (Phi) is 5.86. The third kappa shape index (κ3) is 4.36. The van der Waals surface area contributed by atoms with Gasteiger partial charge in [0.1, 0.15) is 5.75 Å². The second-order valence-corrected chi connectivity index (χ2v) is 7.87. The van der Waals surface area contributed by atoms with Gasteiger partial charge in [0.15, 0.2) is 0 Å². The van der Waals surface area contributed by atoms with Crippen molar-refractivity contribution in [3.8, 4) is 11.8 Å². The van der Waals surface area contributed by atoms with Crippen LogP contribution in [-0.2, 0) is 11.8 Å². The SMILES string of the molecule is CC(CC(c1ccc(C#N)cc1)c1cn(C)c2ccccc12)C(=O)Oc1ccccc1. The lowest BCUT2D eigenvalue weighted by molar-refractivity contribution is -0.138. The number of carbonyl (C=O) groups excluding carboxylic acids is 1. The van der Waals surface area contributed by atoms with E-state index in [1.807, 2.05) is 68.6 Å². The van der Waals surface area contributed by atoms with E-state index in [2.05, 4.69) is 29.0 Å². The van der Waals surface area contributed by atoms with E-state index < -0.39 is 0 Å². The number of nitrogens with zero attached hydrogens (tertiary/aromatic N) is 2. The molecule has 2 unspecified atom stereocenters. The van der Waals surface area contributed by atoms with Gasteiger partial charge in [0.2, 0.25) is 0 Å². The van der Waals surface area contributed by atoms with Crippen molar-refractivity contribution in [1.29, 1.82) is 5.26 Å². The first kappa shape index (κ1) is 20.4. The largest absolute Gasteiger partial charge is 0.426 e. The zero-order valence-electron chi connectivity index (χ0n) is 17.7. The third-order valence-electron chi connectivity index (χ3n) is 5.70. The summed E-state index contributed by atoms with van der Waals surface area (Å²) in [7, 11) is 2.04. The zero-order chi connectivity index (χ0) is 21.8. The molecule has 0 N–H and O–H groups in total. The quantitative estimate of drug-likeness (QED) is 0.299. The van der Waals surface area contributed by atoms with E-state index in [1.165, 1.54) is 10.9 Å². The number of aromatic nitrogens is 1. The Morgan fingerprint density at radius 2 is 1.68 bits per heavy atom. The first-order valence-electron chi connectivity index (χ1n) is 10.4. The number of rotatable bonds is 6. The van der Waals surface area contributed by atoms with Crippen molar-refractivity contribution >= 4 is 16.9 Å². The summed E-state index contributed by atoms with van der Waals surface area (Å²) in [4.78, 5) is 12.8. The van der Waals surface area contributed by atoms with E-state index in [1.54, 1.807) is 12.1 Å². The molecule has 0 radical (unpaired) electrons. The van der Waals surface area contributed by atoms with Gasteiger partial charge in [-0.15, -0.1) is 0 Å². The number of hydrogen-bond acceptors (Lipinski definition) is 3. The first-order valence-corrected chi connectivity index (χ1v) is 10.4. The molecule has 1 aromatic heterocycles. The minimum atomic E-state index is -0.306. The first-order chi connectivity index (χ1) is 15.1. The van der Waals surface area contributed by atoms with E-state index in [0.29, 0.717) is 17.7 Å². The number of ether oxygens (including phenoxy) is 1. The Hall–Kier alpha value is -3.84. The summed E-state index contributed by atoms with van der Waals surface area (Å²) in [5.41, 5.74) is 4.02. The molecule has 4 aromatic rings. The van der Waals surface area contributed by atoms with Gasteiger partial charge in [-0.3, -0.25) is 4.79 Å². The Morgan fingerprint density at radius 3 is 2.39 bits per heavy atom. The average Bonchev–Trinajstić information content (AvgIpc) is 3.14. The molecule has 4 nitrogen and oxygen atoms in total. The summed E-state index contributed by atoms with van der Waals surface area (Å²) in [5, 5.41) is 10.3. The molecule has 3 aromatic carbocycles. The Bertz CT molecular complexity index is 1230. The Balaban J connectivity index is 1.68. The second kappa shape index (κ2) is 8.89. The van der Waals surface area contributed by atoms with Gasteiger partial charge in [0.25, 0.3) is 0 Å². The predicted molar refractivity (Wildman–Crippen MR) is 122 cm³/mol. The van der Waals surface area contributed by atoms with Gasteiger partial charge in [0.05, 0.1) is 17.6 Å². The van der Waals surface area contributed by atoms with Gasteiger partial charge >= 0.3 is 5.97 Å². The van der Waals surface area contributed by atoms with E-state index in [-0.39, 0.29) is 17.8 Å². The highest BCUT2D eigenvalue weighted by atomic mass is 16.5. The molecule has 0 saturated heterocycles. The maximum atomic E-state index is 12.8. The molecule has 154 valence electrons. The molecule has 0 saturated carbocycles. The molecule has 1 heterocycles. The highest BCUT2D eigenvalue weighted by Gasteiger charge is 2.26. The van der Waals surface area contributed by atoms with Crippen molar-refractivity contribution < 1.29 is 9.53 Å².